The van der Waals surface area contributed by atoms with E-state index in [1.165, 1.54) is 61.2 Å². The molecule has 0 aliphatic heterocycles. The second-order valence-electron chi connectivity index (χ2n) is 13.4. The number of hydrogen-bond acceptors (Lipinski definition) is 1. The van der Waals surface area contributed by atoms with Crippen LogP contribution in [0, 0.1) is 0 Å². The molecular formula is C48H33N. The average Bonchev–Trinajstić information content (AvgIpc) is 3.66. The van der Waals surface area contributed by atoms with Gasteiger partial charge in [0.25, 0.3) is 0 Å². The van der Waals surface area contributed by atoms with Gasteiger partial charge >= 0.3 is 0 Å². The molecule has 1 aromatic heterocycles. The van der Waals surface area contributed by atoms with Gasteiger partial charge in [0.15, 0.2) is 0 Å². The van der Waals surface area contributed by atoms with Gasteiger partial charge in [-0.25, -0.2) is 4.98 Å². The molecule has 7 aromatic rings. The van der Waals surface area contributed by atoms with E-state index in [1.54, 1.807) is 0 Å². The summed E-state index contributed by atoms with van der Waals surface area (Å²) in [6.07, 6.45) is 6.97. The quantitative estimate of drug-likeness (QED) is 0.190. The molecule has 6 aromatic carbocycles. The summed E-state index contributed by atoms with van der Waals surface area (Å²) < 4.78 is 0. The molecule has 1 spiro atoms. The molecule has 0 atom stereocenters. The van der Waals surface area contributed by atoms with Crippen LogP contribution in [0.25, 0.3) is 61.5 Å². The first-order valence-electron chi connectivity index (χ1n) is 17.3. The van der Waals surface area contributed by atoms with Crippen molar-refractivity contribution in [2.24, 2.45) is 0 Å². The highest BCUT2D eigenvalue weighted by Gasteiger charge is 2.52. The number of nitrogens with zero attached hydrogens (tertiary/aromatic N) is 1. The highest BCUT2D eigenvalue weighted by Crippen LogP contribution is 2.63. The first-order chi connectivity index (χ1) is 24.3. The molecule has 49 heavy (non-hydrogen) atoms. The van der Waals surface area contributed by atoms with Crippen LogP contribution in [0.5, 0.6) is 0 Å². The number of aromatic nitrogens is 1. The largest absolute Gasteiger partial charge is 0.248 e. The van der Waals surface area contributed by atoms with Gasteiger partial charge in [0.2, 0.25) is 0 Å². The predicted octanol–water partition coefficient (Wildman–Crippen LogP) is 12.2. The summed E-state index contributed by atoms with van der Waals surface area (Å²) in [6.45, 7) is 0. The Morgan fingerprint density at radius 3 is 1.61 bits per heavy atom. The van der Waals surface area contributed by atoms with Crippen LogP contribution in [0.2, 0.25) is 0 Å². The molecule has 0 amide bonds. The van der Waals surface area contributed by atoms with Gasteiger partial charge in [-0.2, -0.15) is 0 Å². The van der Waals surface area contributed by atoms with E-state index in [1.807, 2.05) is 0 Å². The fraction of sp³-hybridized carbons (Fsp3) is 0.0625. The summed E-state index contributed by atoms with van der Waals surface area (Å²) in [5.74, 6) is 0. The highest BCUT2D eigenvalue weighted by molar-refractivity contribution is 5.97. The Morgan fingerprint density at radius 2 is 0.959 bits per heavy atom. The van der Waals surface area contributed by atoms with Gasteiger partial charge in [0.05, 0.1) is 16.8 Å². The zero-order valence-corrected chi connectivity index (χ0v) is 27.1. The Labute approximate surface area is 287 Å². The molecule has 230 valence electrons. The molecule has 1 heterocycles. The molecule has 0 bridgehead atoms. The van der Waals surface area contributed by atoms with Crippen molar-refractivity contribution < 1.29 is 0 Å². The summed E-state index contributed by atoms with van der Waals surface area (Å²) in [6, 6.07) is 59.9. The Hall–Kier alpha value is -6.05. The van der Waals surface area contributed by atoms with Gasteiger partial charge in [-0.05, 0) is 104 Å². The van der Waals surface area contributed by atoms with E-state index >= 15 is 0 Å². The minimum atomic E-state index is -0.303. The molecule has 0 unspecified atom stereocenters. The number of rotatable bonds is 4. The van der Waals surface area contributed by atoms with Crippen LogP contribution in [-0.2, 0) is 5.41 Å². The molecule has 10 rings (SSSR count). The average molecular weight is 624 g/mol. The van der Waals surface area contributed by atoms with Gasteiger partial charge in [-0.15, -0.1) is 0 Å². The van der Waals surface area contributed by atoms with Crippen molar-refractivity contribution in [3.63, 3.8) is 0 Å². The van der Waals surface area contributed by atoms with E-state index in [0.29, 0.717) is 0 Å². The van der Waals surface area contributed by atoms with Crippen molar-refractivity contribution in [1.29, 1.82) is 0 Å². The molecule has 1 heteroatoms. The van der Waals surface area contributed by atoms with E-state index in [-0.39, 0.29) is 5.41 Å². The van der Waals surface area contributed by atoms with E-state index in [9.17, 15) is 0 Å². The number of allylic oxidation sites excluding steroid dienone is 4. The Kier molecular flexibility index (Phi) is 6.29. The summed E-state index contributed by atoms with van der Waals surface area (Å²) in [4.78, 5) is 5.12. The zero-order chi connectivity index (χ0) is 32.4. The predicted molar refractivity (Wildman–Crippen MR) is 203 cm³/mol. The van der Waals surface area contributed by atoms with Gasteiger partial charge < -0.3 is 0 Å². The lowest BCUT2D eigenvalue weighted by molar-refractivity contribution is 0.781. The standard InChI is InChI=1S/C48H33N/c1-3-14-32(15-4-1)46-30-37(31-47(49-46)33-16-5-2-6-17-33)35-19-13-18-34(28-35)36-26-27-41-40-22-9-12-25-44(40)48(45(41)29-36)42-23-10-7-20-38(42)39-21-8-11-24-43(39)48/h1-8,10-21,23-31H,9,22H2. The molecule has 3 aliphatic carbocycles. The molecule has 0 saturated carbocycles. The molecular weight excluding hydrogens is 591 g/mol. The number of benzene rings is 6. The molecule has 1 nitrogen and oxygen atoms in total. The van der Waals surface area contributed by atoms with Crippen molar-refractivity contribution in [1.82, 2.24) is 4.98 Å². The van der Waals surface area contributed by atoms with Crippen molar-refractivity contribution in [3.8, 4) is 55.9 Å². The van der Waals surface area contributed by atoms with Gasteiger partial charge in [0, 0.05) is 11.1 Å². The minimum absolute atomic E-state index is 0.303. The lowest BCUT2D eigenvalue weighted by atomic mass is 9.69. The third-order valence-corrected chi connectivity index (χ3v) is 10.8. The fourth-order valence-corrected chi connectivity index (χ4v) is 8.64. The summed E-state index contributed by atoms with van der Waals surface area (Å²) >= 11 is 0. The van der Waals surface area contributed by atoms with Gasteiger partial charge in [0.1, 0.15) is 0 Å². The molecule has 0 N–H and O–H groups in total. The van der Waals surface area contributed by atoms with Crippen molar-refractivity contribution in [2.45, 2.75) is 18.3 Å². The Morgan fingerprint density at radius 1 is 0.408 bits per heavy atom. The van der Waals surface area contributed by atoms with Crippen LogP contribution in [0.15, 0.2) is 182 Å². The van der Waals surface area contributed by atoms with Crippen molar-refractivity contribution in [2.75, 3.05) is 0 Å². The number of hydrogen-bond donors (Lipinski definition) is 0. The van der Waals surface area contributed by atoms with Crippen LogP contribution in [0.4, 0.5) is 0 Å². The maximum Gasteiger partial charge on any atom is 0.0722 e. The Balaban J connectivity index is 1.14. The van der Waals surface area contributed by atoms with Crippen LogP contribution in [0.3, 0.4) is 0 Å². The first-order valence-corrected chi connectivity index (χ1v) is 17.3. The smallest absolute Gasteiger partial charge is 0.0722 e. The summed E-state index contributed by atoms with van der Waals surface area (Å²) in [5, 5.41) is 0. The number of fused-ring (bicyclic) bond motifs is 9. The van der Waals surface area contributed by atoms with E-state index in [0.717, 1.165) is 40.9 Å². The highest BCUT2D eigenvalue weighted by atomic mass is 14.7. The SMILES string of the molecule is C1=CC2=C(CC1)c1ccc(-c3cccc(-c4cc(-c5ccccc5)nc(-c5ccccc5)c4)c3)cc1C21c2ccccc2-c2ccccc21. The summed E-state index contributed by atoms with van der Waals surface area (Å²) in [5.41, 5.74) is 20.0. The molecule has 0 saturated heterocycles. The van der Waals surface area contributed by atoms with Crippen molar-refractivity contribution >= 4 is 5.57 Å². The topological polar surface area (TPSA) is 12.9 Å². The normalized spacial score (nSPS) is 14.8. The summed E-state index contributed by atoms with van der Waals surface area (Å²) in [7, 11) is 0. The lowest BCUT2D eigenvalue weighted by Crippen LogP contribution is -2.27. The first kappa shape index (κ1) is 28.0. The van der Waals surface area contributed by atoms with E-state index < -0.39 is 0 Å². The second-order valence-corrected chi connectivity index (χ2v) is 13.4. The monoisotopic (exact) mass is 623 g/mol. The third-order valence-electron chi connectivity index (χ3n) is 10.8. The minimum Gasteiger partial charge on any atom is -0.248 e. The van der Waals surface area contributed by atoms with Gasteiger partial charge in [-0.3, -0.25) is 0 Å². The molecule has 3 aliphatic rings. The van der Waals surface area contributed by atoms with Crippen LogP contribution in [0.1, 0.15) is 35.1 Å². The van der Waals surface area contributed by atoms with Crippen LogP contribution < -0.4 is 0 Å². The lowest BCUT2D eigenvalue weighted by Gasteiger charge is -2.32. The van der Waals surface area contributed by atoms with Crippen molar-refractivity contribution in [3.05, 3.63) is 204 Å². The number of pyridine rings is 1. The van der Waals surface area contributed by atoms with Gasteiger partial charge in [-0.1, -0.05) is 152 Å². The third kappa shape index (κ3) is 4.22. The molecule has 0 fully saturated rings. The maximum atomic E-state index is 5.12. The van der Waals surface area contributed by atoms with E-state index in [4.69, 9.17) is 4.98 Å². The zero-order valence-electron chi connectivity index (χ0n) is 27.1. The fourth-order valence-electron chi connectivity index (χ4n) is 8.64. The molecule has 0 radical (unpaired) electrons. The van der Waals surface area contributed by atoms with Crippen LogP contribution in [-0.4, -0.2) is 4.98 Å². The Bertz CT molecular complexity index is 2380. The van der Waals surface area contributed by atoms with Crippen LogP contribution >= 0.6 is 0 Å². The van der Waals surface area contributed by atoms with E-state index in [2.05, 4.69) is 176 Å². The second kappa shape index (κ2) is 11.0. The maximum absolute atomic E-state index is 5.12.